The molecule has 1 aromatic heterocycles. The highest BCUT2D eigenvalue weighted by Gasteiger charge is 2.23. The summed E-state index contributed by atoms with van der Waals surface area (Å²) in [6.45, 7) is 15.8. The van der Waals surface area contributed by atoms with Crippen LogP contribution >= 0.6 is 0 Å². The number of hydrogen-bond acceptors (Lipinski definition) is 4. The van der Waals surface area contributed by atoms with Crippen LogP contribution in [0.4, 0.5) is 4.79 Å². The van der Waals surface area contributed by atoms with Crippen molar-refractivity contribution >= 4 is 6.09 Å². The first-order valence-corrected chi connectivity index (χ1v) is 8.22. The molecule has 0 aliphatic rings. The van der Waals surface area contributed by atoms with E-state index in [0.29, 0.717) is 13.1 Å². The number of nitrogens with zero attached hydrogens (tertiary/aromatic N) is 3. The van der Waals surface area contributed by atoms with Crippen molar-refractivity contribution in [1.29, 1.82) is 0 Å². The zero-order valence-electron chi connectivity index (χ0n) is 15.9. The number of carbonyl (C=O) groups excluding carboxylic acids is 1. The molecule has 6 heteroatoms. The lowest BCUT2D eigenvalue weighted by Crippen LogP contribution is -2.44. The fourth-order valence-electron chi connectivity index (χ4n) is 2.37. The maximum atomic E-state index is 12.2. The second kappa shape index (κ2) is 7.81. The van der Waals surface area contributed by atoms with Crippen LogP contribution in [0.1, 0.15) is 51.6 Å². The van der Waals surface area contributed by atoms with Crippen LogP contribution in [0.3, 0.4) is 0 Å². The highest BCUT2D eigenvalue weighted by Crippen LogP contribution is 2.13. The van der Waals surface area contributed by atoms with Gasteiger partial charge in [0.05, 0.1) is 5.69 Å². The summed E-state index contributed by atoms with van der Waals surface area (Å²) in [5.41, 5.74) is 2.97. The molecule has 132 valence electrons. The van der Waals surface area contributed by atoms with Gasteiger partial charge < -0.3 is 15.0 Å². The van der Waals surface area contributed by atoms with Crippen molar-refractivity contribution in [3.8, 4) is 0 Å². The van der Waals surface area contributed by atoms with Gasteiger partial charge in [0, 0.05) is 44.0 Å². The van der Waals surface area contributed by atoms with Gasteiger partial charge in [-0.1, -0.05) is 0 Å². The summed E-state index contributed by atoms with van der Waals surface area (Å²) in [7, 11) is 1.95. The van der Waals surface area contributed by atoms with E-state index < -0.39 is 5.60 Å². The molecule has 1 heterocycles. The molecule has 0 bridgehead atoms. The van der Waals surface area contributed by atoms with Gasteiger partial charge in [0.15, 0.2) is 0 Å². The summed E-state index contributed by atoms with van der Waals surface area (Å²) in [5.74, 6) is 0. The molecule has 0 radical (unpaired) electrons. The van der Waals surface area contributed by atoms with E-state index >= 15 is 0 Å². The van der Waals surface area contributed by atoms with E-state index in [1.165, 1.54) is 11.3 Å². The Labute approximate surface area is 140 Å². The standard InChI is InChI=1S/C17H32N4O2/c1-12(2)21(16(22)23-17(5,6)7)10-9-18-11-15-13(3)19-20(8)14(15)4/h12,18H,9-11H2,1-8H3. The lowest BCUT2D eigenvalue weighted by Gasteiger charge is -2.30. The maximum absolute atomic E-state index is 12.2. The molecule has 6 nitrogen and oxygen atoms in total. The Morgan fingerprint density at radius 3 is 2.39 bits per heavy atom. The predicted octanol–water partition coefficient (Wildman–Crippen LogP) is 2.77. The van der Waals surface area contributed by atoms with Crippen molar-refractivity contribution in [2.75, 3.05) is 13.1 Å². The van der Waals surface area contributed by atoms with Gasteiger partial charge in [0.1, 0.15) is 5.60 Å². The minimum atomic E-state index is -0.471. The van der Waals surface area contributed by atoms with Crippen molar-refractivity contribution in [1.82, 2.24) is 20.0 Å². The van der Waals surface area contributed by atoms with E-state index in [9.17, 15) is 4.79 Å². The van der Waals surface area contributed by atoms with Crippen LogP contribution in [-0.2, 0) is 18.3 Å². The van der Waals surface area contributed by atoms with E-state index in [2.05, 4.69) is 17.3 Å². The van der Waals surface area contributed by atoms with Crippen LogP contribution in [0.25, 0.3) is 0 Å². The smallest absolute Gasteiger partial charge is 0.410 e. The molecular formula is C17H32N4O2. The number of amides is 1. The highest BCUT2D eigenvalue weighted by atomic mass is 16.6. The first-order valence-electron chi connectivity index (χ1n) is 8.22. The third-order valence-electron chi connectivity index (χ3n) is 3.74. The molecule has 1 aromatic rings. The highest BCUT2D eigenvalue weighted by molar-refractivity contribution is 5.68. The number of hydrogen-bond donors (Lipinski definition) is 1. The predicted molar refractivity (Wildman–Crippen MR) is 92.5 cm³/mol. The van der Waals surface area contributed by atoms with Crippen molar-refractivity contribution in [3.05, 3.63) is 17.0 Å². The number of rotatable bonds is 6. The molecule has 0 saturated heterocycles. The third-order valence-corrected chi connectivity index (χ3v) is 3.74. The lowest BCUT2D eigenvalue weighted by molar-refractivity contribution is 0.0193. The van der Waals surface area contributed by atoms with Gasteiger partial charge >= 0.3 is 6.09 Å². The normalized spacial score (nSPS) is 11.9. The second-order valence-electron chi connectivity index (χ2n) is 7.22. The van der Waals surface area contributed by atoms with Crippen molar-refractivity contribution < 1.29 is 9.53 Å². The third kappa shape index (κ3) is 5.86. The molecule has 0 aliphatic carbocycles. The van der Waals surface area contributed by atoms with Gasteiger partial charge in [-0.3, -0.25) is 4.68 Å². The first kappa shape index (κ1) is 19.5. The van der Waals surface area contributed by atoms with Crippen LogP contribution in [0, 0.1) is 13.8 Å². The Morgan fingerprint density at radius 2 is 1.96 bits per heavy atom. The fraction of sp³-hybridized carbons (Fsp3) is 0.765. The molecule has 0 unspecified atom stereocenters. The fourth-order valence-corrected chi connectivity index (χ4v) is 2.37. The van der Waals surface area contributed by atoms with Gasteiger partial charge in [0.25, 0.3) is 0 Å². The molecular weight excluding hydrogens is 292 g/mol. The number of ether oxygens (including phenoxy) is 1. The summed E-state index contributed by atoms with van der Waals surface area (Å²) >= 11 is 0. The summed E-state index contributed by atoms with van der Waals surface area (Å²) < 4.78 is 7.36. The summed E-state index contributed by atoms with van der Waals surface area (Å²) in [4.78, 5) is 14.0. The zero-order chi connectivity index (χ0) is 17.8. The number of aryl methyl sites for hydroxylation is 2. The lowest BCUT2D eigenvalue weighted by atomic mass is 10.2. The summed E-state index contributed by atoms with van der Waals surface area (Å²) in [6, 6.07) is 0.105. The van der Waals surface area contributed by atoms with Crippen molar-refractivity contribution in [2.24, 2.45) is 7.05 Å². The van der Waals surface area contributed by atoms with Gasteiger partial charge in [0.2, 0.25) is 0 Å². The average molecular weight is 324 g/mol. The number of aromatic nitrogens is 2. The Balaban J connectivity index is 2.52. The van der Waals surface area contributed by atoms with Crippen LogP contribution in [0.5, 0.6) is 0 Å². The maximum Gasteiger partial charge on any atom is 0.410 e. The molecule has 23 heavy (non-hydrogen) atoms. The number of carbonyl (C=O) groups is 1. The molecule has 1 N–H and O–H groups in total. The van der Waals surface area contributed by atoms with Gasteiger partial charge in [-0.05, 0) is 48.5 Å². The van der Waals surface area contributed by atoms with Crippen LogP contribution in [-0.4, -0.2) is 45.5 Å². The Bertz CT molecular complexity index is 529. The van der Waals surface area contributed by atoms with E-state index in [-0.39, 0.29) is 12.1 Å². The molecule has 0 fully saturated rings. The molecule has 0 atom stereocenters. The Hall–Kier alpha value is -1.56. The SMILES string of the molecule is Cc1nn(C)c(C)c1CNCCN(C(=O)OC(C)(C)C)C(C)C. The van der Waals surface area contributed by atoms with Gasteiger partial charge in [-0.25, -0.2) is 4.79 Å². The van der Waals surface area contributed by atoms with Crippen LogP contribution < -0.4 is 5.32 Å². The molecule has 0 spiro atoms. The quantitative estimate of drug-likeness (QED) is 0.818. The molecule has 0 aromatic carbocycles. The van der Waals surface area contributed by atoms with Crippen LogP contribution in [0.2, 0.25) is 0 Å². The zero-order valence-corrected chi connectivity index (χ0v) is 15.9. The van der Waals surface area contributed by atoms with E-state index in [1.807, 2.05) is 53.3 Å². The van der Waals surface area contributed by atoms with Crippen molar-refractivity contribution in [3.63, 3.8) is 0 Å². The van der Waals surface area contributed by atoms with Gasteiger partial charge in [-0.15, -0.1) is 0 Å². The summed E-state index contributed by atoms with van der Waals surface area (Å²) in [5, 5.41) is 7.81. The molecule has 0 saturated carbocycles. The van der Waals surface area contributed by atoms with Crippen LogP contribution in [0.15, 0.2) is 0 Å². The second-order valence-corrected chi connectivity index (χ2v) is 7.22. The largest absolute Gasteiger partial charge is 0.444 e. The van der Waals surface area contributed by atoms with Gasteiger partial charge in [-0.2, -0.15) is 5.10 Å². The molecule has 1 rings (SSSR count). The van der Waals surface area contributed by atoms with E-state index in [1.54, 1.807) is 4.90 Å². The average Bonchev–Trinajstić information content (AvgIpc) is 2.61. The molecule has 0 aliphatic heterocycles. The Morgan fingerprint density at radius 1 is 1.35 bits per heavy atom. The Kier molecular flexibility index (Phi) is 6.62. The number of nitrogens with one attached hydrogen (secondary N) is 1. The minimum Gasteiger partial charge on any atom is -0.444 e. The van der Waals surface area contributed by atoms with E-state index in [0.717, 1.165) is 12.2 Å². The van der Waals surface area contributed by atoms with Crippen molar-refractivity contribution in [2.45, 2.75) is 66.7 Å². The van der Waals surface area contributed by atoms with E-state index in [4.69, 9.17) is 4.74 Å². The topological polar surface area (TPSA) is 59.4 Å². The molecule has 1 amide bonds. The first-order chi connectivity index (χ1) is 10.5. The minimum absolute atomic E-state index is 0.105. The monoisotopic (exact) mass is 324 g/mol. The summed E-state index contributed by atoms with van der Waals surface area (Å²) in [6.07, 6.45) is -0.261.